The van der Waals surface area contributed by atoms with Crippen LogP contribution < -0.4 is 9.80 Å². The van der Waals surface area contributed by atoms with Crippen molar-refractivity contribution in [2.24, 2.45) is 0 Å². The van der Waals surface area contributed by atoms with E-state index in [-0.39, 0.29) is 29.7 Å². The van der Waals surface area contributed by atoms with E-state index >= 15 is 0 Å². The number of nitro groups is 1. The highest BCUT2D eigenvalue weighted by Crippen LogP contribution is 2.28. The lowest BCUT2D eigenvalue weighted by molar-refractivity contribution is -0.384. The lowest BCUT2D eigenvalue weighted by Gasteiger charge is -2.38. The second-order valence-corrected chi connectivity index (χ2v) is 7.69. The van der Waals surface area contributed by atoms with Crippen molar-refractivity contribution in [3.05, 3.63) is 64.2 Å². The molecule has 9 nitrogen and oxygen atoms in total. The molecule has 0 saturated carbocycles. The topological polar surface area (TPSA) is 104 Å². The SMILES string of the molecule is CC(=O)c1ccc(N2C(=O)C[C@@H](N3CCN(c4ccc([N+](=O)[O-])cc4)CC3)C2=O)cc1. The molecule has 0 aliphatic carbocycles. The summed E-state index contributed by atoms with van der Waals surface area (Å²) in [5.41, 5.74) is 1.95. The fourth-order valence-corrected chi connectivity index (χ4v) is 4.09. The molecule has 160 valence electrons. The van der Waals surface area contributed by atoms with Crippen LogP contribution >= 0.6 is 0 Å². The van der Waals surface area contributed by atoms with Crippen LogP contribution in [0.15, 0.2) is 48.5 Å². The molecular formula is C22H22N4O5. The Hall–Kier alpha value is -3.59. The Morgan fingerprint density at radius 2 is 1.52 bits per heavy atom. The van der Waals surface area contributed by atoms with Gasteiger partial charge < -0.3 is 4.90 Å². The maximum absolute atomic E-state index is 13.0. The number of carbonyl (C=O) groups is 3. The molecule has 4 rings (SSSR count). The van der Waals surface area contributed by atoms with Gasteiger partial charge in [-0.25, -0.2) is 4.90 Å². The van der Waals surface area contributed by atoms with Gasteiger partial charge in [0, 0.05) is 49.6 Å². The minimum absolute atomic E-state index is 0.0499. The highest BCUT2D eigenvalue weighted by molar-refractivity contribution is 6.22. The van der Waals surface area contributed by atoms with Crippen LogP contribution in [-0.4, -0.2) is 59.6 Å². The Morgan fingerprint density at radius 3 is 2.06 bits per heavy atom. The van der Waals surface area contributed by atoms with E-state index in [4.69, 9.17) is 0 Å². The lowest BCUT2D eigenvalue weighted by Crippen LogP contribution is -2.52. The summed E-state index contributed by atoms with van der Waals surface area (Å²) in [5, 5.41) is 10.8. The van der Waals surface area contributed by atoms with Crippen molar-refractivity contribution in [2.75, 3.05) is 36.0 Å². The van der Waals surface area contributed by atoms with Gasteiger partial charge in [-0.3, -0.25) is 29.4 Å². The van der Waals surface area contributed by atoms with E-state index in [1.807, 2.05) is 4.90 Å². The summed E-state index contributed by atoms with van der Waals surface area (Å²) in [5.74, 6) is -0.567. The first-order chi connectivity index (χ1) is 14.8. The molecule has 2 heterocycles. The van der Waals surface area contributed by atoms with Crippen LogP contribution in [-0.2, 0) is 9.59 Å². The highest BCUT2D eigenvalue weighted by atomic mass is 16.6. The summed E-state index contributed by atoms with van der Waals surface area (Å²) in [4.78, 5) is 52.8. The van der Waals surface area contributed by atoms with Gasteiger partial charge in [-0.1, -0.05) is 0 Å². The first-order valence-electron chi connectivity index (χ1n) is 10.1. The second-order valence-electron chi connectivity index (χ2n) is 7.69. The summed E-state index contributed by atoms with van der Waals surface area (Å²) >= 11 is 0. The van der Waals surface area contributed by atoms with Crippen molar-refractivity contribution < 1.29 is 19.3 Å². The number of amides is 2. The number of nitrogens with zero attached hydrogens (tertiary/aromatic N) is 4. The number of carbonyl (C=O) groups excluding carboxylic acids is 3. The molecule has 2 amide bonds. The van der Waals surface area contributed by atoms with Crippen LogP contribution in [0.25, 0.3) is 0 Å². The molecule has 0 N–H and O–H groups in total. The summed E-state index contributed by atoms with van der Waals surface area (Å²) in [6, 6.07) is 12.4. The van der Waals surface area contributed by atoms with Crippen LogP contribution in [0.4, 0.5) is 17.1 Å². The molecule has 1 atom stereocenters. The van der Waals surface area contributed by atoms with E-state index in [1.54, 1.807) is 36.4 Å². The number of anilines is 2. The molecule has 2 aromatic carbocycles. The third-order valence-electron chi connectivity index (χ3n) is 5.84. The third-order valence-corrected chi connectivity index (χ3v) is 5.84. The fourth-order valence-electron chi connectivity index (χ4n) is 4.09. The molecular weight excluding hydrogens is 400 g/mol. The van der Waals surface area contributed by atoms with E-state index in [2.05, 4.69) is 4.90 Å². The van der Waals surface area contributed by atoms with Gasteiger partial charge in [0.2, 0.25) is 5.91 Å². The number of nitro benzene ring substituents is 1. The number of hydrogen-bond acceptors (Lipinski definition) is 7. The number of ketones is 1. The van der Waals surface area contributed by atoms with Gasteiger partial charge in [0.25, 0.3) is 11.6 Å². The Labute approximate surface area is 179 Å². The number of hydrogen-bond donors (Lipinski definition) is 0. The van der Waals surface area contributed by atoms with Crippen LogP contribution in [0.1, 0.15) is 23.7 Å². The van der Waals surface area contributed by atoms with Crippen molar-refractivity contribution >= 4 is 34.7 Å². The maximum Gasteiger partial charge on any atom is 0.269 e. The van der Waals surface area contributed by atoms with Gasteiger partial charge in [0.05, 0.1) is 23.1 Å². The first kappa shape index (κ1) is 20.7. The van der Waals surface area contributed by atoms with Crippen molar-refractivity contribution in [1.82, 2.24) is 4.90 Å². The molecule has 31 heavy (non-hydrogen) atoms. The third kappa shape index (κ3) is 4.04. The summed E-state index contributed by atoms with van der Waals surface area (Å²) < 4.78 is 0. The van der Waals surface area contributed by atoms with E-state index in [9.17, 15) is 24.5 Å². The largest absolute Gasteiger partial charge is 0.369 e. The number of benzene rings is 2. The summed E-state index contributed by atoms with van der Waals surface area (Å²) in [6.07, 6.45) is 0.130. The van der Waals surface area contributed by atoms with Gasteiger partial charge in [-0.05, 0) is 43.3 Å². The molecule has 0 unspecified atom stereocenters. The van der Waals surface area contributed by atoms with Crippen LogP contribution in [0.5, 0.6) is 0 Å². The minimum atomic E-state index is -0.501. The van der Waals surface area contributed by atoms with E-state index in [0.29, 0.717) is 37.4 Å². The summed E-state index contributed by atoms with van der Waals surface area (Å²) in [7, 11) is 0. The Bertz CT molecular complexity index is 1030. The number of piperazine rings is 1. The van der Waals surface area contributed by atoms with E-state index < -0.39 is 11.0 Å². The van der Waals surface area contributed by atoms with Gasteiger partial charge in [0.1, 0.15) is 0 Å². The van der Waals surface area contributed by atoms with Gasteiger partial charge in [0.15, 0.2) is 5.78 Å². The van der Waals surface area contributed by atoms with Gasteiger partial charge in [-0.15, -0.1) is 0 Å². The molecule has 0 bridgehead atoms. The molecule has 0 spiro atoms. The second kappa shape index (κ2) is 8.27. The average Bonchev–Trinajstić information content (AvgIpc) is 3.08. The standard InChI is InChI=1S/C22H22N4O5/c1-15(27)16-2-4-18(5-3-16)25-21(28)14-20(22(25)29)24-12-10-23(11-13-24)17-6-8-19(9-7-17)26(30)31/h2-9,20H,10-14H2,1H3/t20-/m1/s1. The molecule has 0 radical (unpaired) electrons. The van der Waals surface area contributed by atoms with Crippen LogP contribution in [0.2, 0.25) is 0 Å². The Morgan fingerprint density at radius 1 is 0.935 bits per heavy atom. The normalized spacial score (nSPS) is 19.7. The Kier molecular flexibility index (Phi) is 5.51. The Balaban J connectivity index is 1.41. The molecule has 2 aromatic rings. The fraction of sp³-hybridized carbons (Fsp3) is 0.318. The van der Waals surface area contributed by atoms with E-state index in [1.165, 1.54) is 24.0 Å². The molecule has 0 aromatic heterocycles. The maximum atomic E-state index is 13.0. The number of rotatable bonds is 5. The smallest absolute Gasteiger partial charge is 0.269 e. The predicted molar refractivity (Wildman–Crippen MR) is 114 cm³/mol. The molecule has 2 aliphatic heterocycles. The number of non-ortho nitro benzene ring substituents is 1. The predicted octanol–water partition coefficient (Wildman–Crippen LogP) is 2.25. The number of imide groups is 1. The van der Waals surface area contributed by atoms with Crippen molar-refractivity contribution in [3.63, 3.8) is 0 Å². The zero-order valence-electron chi connectivity index (χ0n) is 17.1. The number of Topliss-reactive ketones (excluding diaryl/α,β-unsaturated/α-hetero) is 1. The summed E-state index contributed by atoms with van der Waals surface area (Å²) in [6.45, 7) is 4.00. The quantitative estimate of drug-likeness (QED) is 0.315. The van der Waals surface area contributed by atoms with Crippen LogP contribution in [0, 0.1) is 10.1 Å². The van der Waals surface area contributed by atoms with Gasteiger partial charge >= 0.3 is 0 Å². The van der Waals surface area contributed by atoms with Crippen molar-refractivity contribution in [2.45, 2.75) is 19.4 Å². The lowest BCUT2D eigenvalue weighted by atomic mass is 10.1. The zero-order valence-corrected chi connectivity index (χ0v) is 17.1. The first-order valence-corrected chi connectivity index (χ1v) is 10.1. The minimum Gasteiger partial charge on any atom is -0.369 e. The molecule has 9 heteroatoms. The monoisotopic (exact) mass is 422 g/mol. The molecule has 2 aliphatic rings. The van der Waals surface area contributed by atoms with Crippen molar-refractivity contribution in [3.8, 4) is 0 Å². The van der Waals surface area contributed by atoms with Gasteiger partial charge in [-0.2, -0.15) is 0 Å². The average molecular weight is 422 g/mol. The zero-order chi connectivity index (χ0) is 22.1. The molecule has 2 fully saturated rings. The van der Waals surface area contributed by atoms with Crippen molar-refractivity contribution in [1.29, 1.82) is 0 Å². The van der Waals surface area contributed by atoms with Crippen LogP contribution in [0.3, 0.4) is 0 Å². The highest BCUT2D eigenvalue weighted by Gasteiger charge is 2.43. The van der Waals surface area contributed by atoms with E-state index in [0.717, 1.165) is 5.69 Å². The molecule has 2 saturated heterocycles.